The number of hydrogen-bond acceptors (Lipinski definition) is 6. The van der Waals surface area contributed by atoms with E-state index in [1.807, 2.05) is 0 Å². The van der Waals surface area contributed by atoms with Gasteiger partial charge in [-0.05, 0) is 36.8 Å². The molecule has 2 aromatic carbocycles. The molecule has 5 rings (SSSR count). The van der Waals surface area contributed by atoms with Crippen LogP contribution >= 0.6 is 11.6 Å². The van der Waals surface area contributed by atoms with E-state index in [1.54, 1.807) is 49.2 Å². The summed E-state index contributed by atoms with van der Waals surface area (Å²) >= 11 is 6.42. The number of nitrogens with zero attached hydrogens (tertiary/aromatic N) is 6. The molecule has 0 saturated carbocycles. The maximum absolute atomic E-state index is 14.5. The van der Waals surface area contributed by atoms with Crippen molar-refractivity contribution in [2.75, 3.05) is 5.32 Å². The molecule has 0 unspecified atom stereocenters. The van der Waals surface area contributed by atoms with Crippen molar-refractivity contribution in [1.29, 1.82) is 0 Å². The first-order valence-electron chi connectivity index (χ1n) is 10.7. The van der Waals surface area contributed by atoms with Crippen LogP contribution in [-0.2, 0) is 13.6 Å². The van der Waals surface area contributed by atoms with Gasteiger partial charge in [0, 0.05) is 30.4 Å². The third-order valence-corrected chi connectivity index (χ3v) is 5.82. The zero-order valence-corrected chi connectivity index (χ0v) is 19.8. The lowest BCUT2D eigenvalue weighted by atomic mass is 10.2. The molecule has 0 spiro atoms. The smallest absolute Gasteiger partial charge is 0.324 e. The summed E-state index contributed by atoms with van der Waals surface area (Å²) in [6, 6.07) is 8.53. The number of fused-ring (bicyclic) bond motifs is 1. The molecule has 0 aliphatic carbocycles. The average Bonchev–Trinajstić information content (AvgIpc) is 3.18. The summed E-state index contributed by atoms with van der Waals surface area (Å²) in [4.78, 5) is 34.6. The Morgan fingerprint density at radius 1 is 1.11 bits per heavy atom. The highest BCUT2D eigenvalue weighted by molar-refractivity contribution is 6.34. The van der Waals surface area contributed by atoms with Gasteiger partial charge >= 0.3 is 11.4 Å². The molecule has 9 nitrogen and oxygen atoms in total. The fraction of sp³-hybridized carbons (Fsp3) is 0.125. The van der Waals surface area contributed by atoms with Gasteiger partial charge in [-0.3, -0.25) is 14.2 Å². The number of aryl methyl sites for hydroxylation is 2. The van der Waals surface area contributed by atoms with Gasteiger partial charge in [-0.1, -0.05) is 23.7 Å². The minimum Gasteiger partial charge on any atom is -0.324 e. The van der Waals surface area contributed by atoms with Crippen molar-refractivity contribution in [1.82, 2.24) is 28.9 Å². The fourth-order valence-corrected chi connectivity index (χ4v) is 4.05. The molecule has 182 valence electrons. The lowest BCUT2D eigenvalue weighted by Crippen LogP contribution is -2.42. The van der Waals surface area contributed by atoms with Crippen LogP contribution in [0.15, 0.2) is 64.6 Å². The highest BCUT2D eigenvalue weighted by Gasteiger charge is 2.19. The van der Waals surface area contributed by atoms with Crippen LogP contribution in [0.2, 0.25) is 5.02 Å². The molecule has 0 fully saturated rings. The third-order valence-electron chi connectivity index (χ3n) is 5.50. The number of aromatic nitrogens is 6. The Labute approximate surface area is 207 Å². The van der Waals surface area contributed by atoms with E-state index in [9.17, 15) is 18.4 Å². The SMILES string of the molecule is Cc1cncc(-n2c(=O)nc(Nc3cc4cn(C)nc4cc3Cl)n(Cc3cccc(F)c3F)c2=O)c1. The molecule has 3 heterocycles. The first-order chi connectivity index (χ1) is 17.2. The zero-order chi connectivity index (χ0) is 25.6. The number of nitrogens with one attached hydrogen (secondary N) is 1. The van der Waals surface area contributed by atoms with Crippen LogP contribution < -0.4 is 16.7 Å². The number of rotatable bonds is 5. The molecular formula is C24H18ClF2N7O2. The van der Waals surface area contributed by atoms with Crippen LogP contribution in [0.5, 0.6) is 0 Å². The second-order valence-corrected chi connectivity index (χ2v) is 8.58. The van der Waals surface area contributed by atoms with E-state index in [2.05, 4.69) is 20.4 Å². The van der Waals surface area contributed by atoms with Crippen molar-refractivity contribution < 1.29 is 8.78 Å². The largest absolute Gasteiger partial charge is 0.359 e. The predicted molar refractivity (Wildman–Crippen MR) is 131 cm³/mol. The second-order valence-electron chi connectivity index (χ2n) is 8.17. The highest BCUT2D eigenvalue weighted by Crippen LogP contribution is 2.29. The van der Waals surface area contributed by atoms with Crippen molar-refractivity contribution in [3.05, 3.63) is 104 Å². The van der Waals surface area contributed by atoms with Crippen LogP contribution in [0.4, 0.5) is 20.4 Å². The minimum atomic E-state index is -1.11. The summed E-state index contributed by atoms with van der Waals surface area (Å²) < 4.78 is 31.9. The van der Waals surface area contributed by atoms with Gasteiger partial charge in [-0.25, -0.2) is 22.9 Å². The molecule has 0 bridgehead atoms. The Kier molecular flexibility index (Phi) is 5.84. The average molecular weight is 510 g/mol. The number of pyridine rings is 1. The summed E-state index contributed by atoms with van der Waals surface area (Å²) in [6.07, 6.45) is 4.67. The Hall–Kier alpha value is -4.38. The molecule has 0 radical (unpaired) electrons. The van der Waals surface area contributed by atoms with Gasteiger partial charge in [-0.2, -0.15) is 10.1 Å². The van der Waals surface area contributed by atoms with Crippen molar-refractivity contribution in [2.24, 2.45) is 7.05 Å². The number of halogens is 3. The van der Waals surface area contributed by atoms with Gasteiger partial charge in [0.05, 0.1) is 34.7 Å². The van der Waals surface area contributed by atoms with Crippen LogP contribution in [0, 0.1) is 18.6 Å². The number of benzene rings is 2. The standard InChI is InChI=1S/C24H18ClF2N7O2/c1-13-6-16(10-28-9-13)34-23(35)30-22(29-20-7-15-11-32(2)31-19(15)8-17(20)25)33(24(34)36)12-14-4-3-5-18(26)21(14)27/h3-11H,12H2,1-2H3,(H,29,30,35). The van der Waals surface area contributed by atoms with E-state index in [4.69, 9.17) is 11.6 Å². The minimum absolute atomic E-state index is 0.108. The predicted octanol–water partition coefficient (Wildman–Crippen LogP) is 3.71. The molecule has 5 aromatic rings. The van der Waals surface area contributed by atoms with E-state index in [1.165, 1.54) is 18.3 Å². The molecule has 12 heteroatoms. The van der Waals surface area contributed by atoms with Crippen molar-refractivity contribution in [2.45, 2.75) is 13.5 Å². The van der Waals surface area contributed by atoms with Gasteiger partial charge in [0.2, 0.25) is 5.95 Å². The molecule has 0 aliphatic heterocycles. The Balaban J connectivity index is 1.70. The highest BCUT2D eigenvalue weighted by atomic mass is 35.5. The van der Waals surface area contributed by atoms with E-state index in [0.29, 0.717) is 16.8 Å². The topological polar surface area (TPSA) is 99.6 Å². The molecule has 0 saturated heterocycles. The molecular weight excluding hydrogens is 492 g/mol. The second kappa shape index (κ2) is 9.00. The van der Waals surface area contributed by atoms with Gasteiger partial charge in [0.1, 0.15) is 0 Å². The van der Waals surface area contributed by atoms with Crippen molar-refractivity contribution in [3.8, 4) is 5.69 Å². The molecule has 3 aromatic heterocycles. The zero-order valence-electron chi connectivity index (χ0n) is 19.0. The molecule has 36 heavy (non-hydrogen) atoms. The third kappa shape index (κ3) is 4.24. The Bertz CT molecular complexity index is 1760. The van der Waals surface area contributed by atoms with Crippen molar-refractivity contribution in [3.63, 3.8) is 0 Å². The maximum atomic E-state index is 14.5. The lowest BCUT2D eigenvalue weighted by Gasteiger charge is -2.16. The Morgan fingerprint density at radius 3 is 2.69 bits per heavy atom. The van der Waals surface area contributed by atoms with Gasteiger partial charge in [0.25, 0.3) is 0 Å². The summed E-state index contributed by atoms with van der Waals surface area (Å²) in [7, 11) is 1.76. The molecule has 0 atom stereocenters. The first-order valence-corrected chi connectivity index (χ1v) is 11.1. The quantitative estimate of drug-likeness (QED) is 0.388. The normalized spacial score (nSPS) is 11.2. The van der Waals surface area contributed by atoms with Crippen LogP contribution in [0.25, 0.3) is 16.6 Å². The van der Waals surface area contributed by atoms with Gasteiger partial charge in [0.15, 0.2) is 11.6 Å². The van der Waals surface area contributed by atoms with Crippen LogP contribution in [-0.4, -0.2) is 28.9 Å². The van der Waals surface area contributed by atoms with E-state index < -0.39 is 29.6 Å². The van der Waals surface area contributed by atoms with Gasteiger partial charge < -0.3 is 5.32 Å². The number of hydrogen-bond donors (Lipinski definition) is 1. The monoisotopic (exact) mass is 509 g/mol. The maximum Gasteiger partial charge on any atom is 0.359 e. The first kappa shape index (κ1) is 23.4. The van der Waals surface area contributed by atoms with Gasteiger partial charge in [-0.15, -0.1) is 0 Å². The van der Waals surface area contributed by atoms with E-state index in [-0.39, 0.29) is 22.2 Å². The summed E-state index contributed by atoms with van der Waals surface area (Å²) in [5.74, 6) is -2.37. The van der Waals surface area contributed by atoms with Crippen LogP contribution in [0.3, 0.4) is 0 Å². The fourth-order valence-electron chi connectivity index (χ4n) is 3.84. The van der Waals surface area contributed by atoms with Crippen LogP contribution in [0.1, 0.15) is 11.1 Å². The summed E-state index contributed by atoms with van der Waals surface area (Å²) in [5, 5.41) is 8.20. The number of anilines is 2. The summed E-state index contributed by atoms with van der Waals surface area (Å²) in [5.41, 5.74) is 0.0574. The molecule has 0 amide bonds. The summed E-state index contributed by atoms with van der Waals surface area (Å²) in [6.45, 7) is 1.34. The van der Waals surface area contributed by atoms with E-state index in [0.717, 1.165) is 20.6 Å². The Morgan fingerprint density at radius 2 is 1.92 bits per heavy atom. The lowest BCUT2D eigenvalue weighted by molar-refractivity contribution is 0.492. The van der Waals surface area contributed by atoms with Crippen molar-refractivity contribution >= 4 is 34.1 Å². The molecule has 1 N–H and O–H groups in total. The van der Waals surface area contributed by atoms with E-state index >= 15 is 0 Å². The molecule has 0 aliphatic rings.